The lowest BCUT2D eigenvalue weighted by molar-refractivity contribution is -0.0183. The molecule has 1 fully saturated rings. The second-order valence-corrected chi connectivity index (χ2v) is 8.17. The Kier molecular flexibility index (Phi) is 4.86. The fraction of sp³-hybridized carbons (Fsp3) is 0.714. The van der Waals surface area contributed by atoms with Crippen LogP contribution in [0.1, 0.15) is 38.0 Å². The second-order valence-electron chi connectivity index (χ2n) is 5.63. The molecule has 0 bridgehead atoms. The van der Waals surface area contributed by atoms with E-state index in [0.29, 0.717) is 0 Å². The third kappa shape index (κ3) is 3.35. The Balaban J connectivity index is 1.99. The van der Waals surface area contributed by atoms with Gasteiger partial charge in [0, 0.05) is 16.8 Å². The van der Waals surface area contributed by atoms with Gasteiger partial charge >= 0.3 is 0 Å². The predicted octanol–water partition coefficient (Wildman–Crippen LogP) is 3.68. The van der Waals surface area contributed by atoms with Gasteiger partial charge in [0.15, 0.2) is 0 Å². The number of nitrogens with zero attached hydrogens (tertiary/aromatic N) is 1. The first kappa shape index (κ1) is 14.5. The molecule has 0 amide bonds. The Morgan fingerprint density at radius 3 is 2.56 bits per heavy atom. The van der Waals surface area contributed by atoms with E-state index in [2.05, 4.69) is 46.8 Å². The molecule has 0 saturated carbocycles. The molecule has 1 unspecified atom stereocenters. The van der Waals surface area contributed by atoms with E-state index in [9.17, 15) is 5.11 Å². The molecule has 1 aliphatic heterocycles. The number of aliphatic hydroxyl groups excluding tert-OH is 1. The molecule has 1 saturated heterocycles. The van der Waals surface area contributed by atoms with E-state index in [1.807, 2.05) is 0 Å². The number of thiophene rings is 1. The van der Waals surface area contributed by atoms with Crippen LogP contribution in [0, 0.1) is 0 Å². The van der Waals surface area contributed by atoms with Crippen molar-refractivity contribution in [2.75, 3.05) is 13.1 Å². The van der Waals surface area contributed by atoms with Crippen molar-refractivity contribution in [1.82, 2.24) is 4.90 Å². The highest BCUT2D eigenvalue weighted by atomic mass is 79.9. The molecule has 0 aliphatic carbocycles. The maximum Gasteiger partial charge on any atom is 0.0766 e. The first-order valence-electron chi connectivity index (χ1n) is 6.67. The van der Waals surface area contributed by atoms with Gasteiger partial charge < -0.3 is 5.11 Å². The Morgan fingerprint density at radius 1 is 1.33 bits per heavy atom. The van der Waals surface area contributed by atoms with Gasteiger partial charge in [-0.1, -0.05) is 6.42 Å². The van der Waals surface area contributed by atoms with Crippen LogP contribution in [0.4, 0.5) is 0 Å². The maximum absolute atomic E-state index is 10.5. The highest BCUT2D eigenvalue weighted by molar-refractivity contribution is 9.11. The third-order valence-corrected chi connectivity index (χ3v) is 5.66. The van der Waals surface area contributed by atoms with Crippen LogP contribution in [-0.2, 0) is 6.42 Å². The van der Waals surface area contributed by atoms with Gasteiger partial charge in [0.1, 0.15) is 0 Å². The average molecular weight is 332 g/mol. The largest absolute Gasteiger partial charge is 0.391 e. The minimum absolute atomic E-state index is 0.128. The number of aliphatic hydroxyl groups is 1. The van der Waals surface area contributed by atoms with Gasteiger partial charge in [-0.2, -0.15) is 0 Å². The van der Waals surface area contributed by atoms with Crippen molar-refractivity contribution in [3.63, 3.8) is 0 Å². The molecule has 18 heavy (non-hydrogen) atoms. The van der Waals surface area contributed by atoms with Crippen molar-refractivity contribution in [2.24, 2.45) is 0 Å². The van der Waals surface area contributed by atoms with Gasteiger partial charge in [0.05, 0.1) is 9.89 Å². The zero-order valence-electron chi connectivity index (χ0n) is 11.2. The third-order valence-electron chi connectivity index (χ3n) is 4.01. The molecule has 4 heteroatoms. The first-order chi connectivity index (χ1) is 8.50. The lowest BCUT2D eigenvalue weighted by Crippen LogP contribution is -2.54. The highest BCUT2D eigenvalue weighted by Gasteiger charge is 2.35. The molecule has 1 N–H and O–H groups in total. The van der Waals surface area contributed by atoms with Crippen molar-refractivity contribution in [1.29, 1.82) is 0 Å². The zero-order valence-corrected chi connectivity index (χ0v) is 13.6. The molecular weight excluding hydrogens is 310 g/mol. The lowest BCUT2D eigenvalue weighted by Gasteiger charge is -2.44. The quantitative estimate of drug-likeness (QED) is 0.909. The number of halogens is 1. The minimum atomic E-state index is -0.304. The molecular formula is C14H22BrNOS. The molecule has 102 valence electrons. The molecule has 2 heterocycles. The lowest BCUT2D eigenvalue weighted by atomic mass is 9.90. The van der Waals surface area contributed by atoms with Crippen molar-refractivity contribution in [3.8, 4) is 0 Å². The smallest absolute Gasteiger partial charge is 0.0766 e. The average Bonchev–Trinajstić information content (AvgIpc) is 2.76. The highest BCUT2D eigenvalue weighted by Crippen LogP contribution is 2.29. The number of piperidine rings is 1. The summed E-state index contributed by atoms with van der Waals surface area (Å²) in [6.45, 7) is 6.59. The fourth-order valence-corrected chi connectivity index (χ4v) is 4.10. The van der Waals surface area contributed by atoms with Crippen molar-refractivity contribution in [3.05, 3.63) is 20.8 Å². The van der Waals surface area contributed by atoms with Crippen LogP contribution in [0.2, 0.25) is 0 Å². The Morgan fingerprint density at radius 2 is 2.00 bits per heavy atom. The minimum Gasteiger partial charge on any atom is -0.391 e. The van der Waals surface area contributed by atoms with E-state index >= 15 is 0 Å². The molecule has 1 aliphatic rings. The number of rotatable bonds is 4. The summed E-state index contributed by atoms with van der Waals surface area (Å²) in [5, 5.41) is 10.5. The normalized spacial score (nSPS) is 20.0. The summed E-state index contributed by atoms with van der Waals surface area (Å²) in [5.74, 6) is 0. The molecule has 0 radical (unpaired) electrons. The monoisotopic (exact) mass is 331 g/mol. The number of hydrogen-bond donors (Lipinski definition) is 1. The molecule has 2 nitrogen and oxygen atoms in total. The first-order valence-corrected chi connectivity index (χ1v) is 8.28. The molecule has 2 rings (SSSR count). The van der Waals surface area contributed by atoms with E-state index in [1.165, 1.54) is 24.1 Å². The fourth-order valence-electron chi connectivity index (χ4n) is 2.58. The summed E-state index contributed by atoms with van der Waals surface area (Å²) in [7, 11) is 0. The van der Waals surface area contributed by atoms with E-state index in [1.54, 1.807) is 11.3 Å². The van der Waals surface area contributed by atoms with Gasteiger partial charge in [-0.15, -0.1) is 11.3 Å². The molecule has 1 atom stereocenters. The second kappa shape index (κ2) is 6.04. The van der Waals surface area contributed by atoms with Crippen LogP contribution in [0.25, 0.3) is 0 Å². The van der Waals surface area contributed by atoms with Gasteiger partial charge in [0.25, 0.3) is 0 Å². The summed E-state index contributed by atoms with van der Waals surface area (Å²) < 4.78 is 1.14. The summed E-state index contributed by atoms with van der Waals surface area (Å²) in [6.07, 6.45) is 4.31. The van der Waals surface area contributed by atoms with Crippen LogP contribution in [0.5, 0.6) is 0 Å². The maximum atomic E-state index is 10.5. The van der Waals surface area contributed by atoms with Crippen LogP contribution < -0.4 is 0 Å². The summed E-state index contributed by atoms with van der Waals surface area (Å²) in [5.41, 5.74) is -0.128. The standard InChI is InChI=1S/C14H22BrNOS/c1-14(2,16-8-4-3-5-9-16)12(17)10-11-6-7-13(15)18-11/h6-7,12,17H,3-5,8-10H2,1-2H3. The van der Waals surface area contributed by atoms with Crippen LogP contribution in [-0.4, -0.2) is 34.7 Å². The van der Waals surface area contributed by atoms with Gasteiger partial charge in [-0.25, -0.2) is 0 Å². The SMILES string of the molecule is CC(C)(C(O)Cc1ccc(Br)s1)N1CCCCC1. The van der Waals surface area contributed by atoms with E-state index < -0.39 is 0 Å². The number of likely N-dealkylation sites (tertiary alicyclic amines) is 1. The van der Waals surface area contributed by atoms with E-state index in [0.717, 1.165) is 23.3 Å². The van der Waals surface area contributed by atoms with E-state index in [4.69, 9.17) is 0 Å². The topological polar surface area (TPSA) is 23.5 Å². The van der Waals surface area contributed by atoms with E-state index in [-0.39, 0.29) is 11.6 Å². The Hall–Kier alpha value is 0.1000. The zero-order chi connectivity index (χ0) is 13.2. The van der Waals surface area contributed by atoms with Crippen molar-refractivity contribution in [2.45, 2.75) is 51.2 Å². The molecule has 1 aromatic heterocycles. The molecule has 0 aromatic carbocycles. The van der Waals surface area contributed by atoms with Crippen LogP contribution in [0.3, 0.4) is 0 Å². The number of hydrogen-bond acceptors (Lipinski definition) is 3. The van der Waals surface area contributed by atoms with Gasteiger partial charge in [0.2, 0.25) is 0 Å². The summed E-state index contributed by atoms with van der Waals surface area (Å²) in [4.78, 5) is 3.70. The Labute approximate surface area is 122 Å². The van der Waals surface area contributed by atoms with Crippen LogP contribution >= 0.6 is 27.3 Å². The predicted molar refractivity (Wildman–Crippen MR) is 81.2 cm³/mol. The van der Waals surface area contributed by atoms with Crippen molar-refractivity contribution < 1.29 is 5.11 Å². The Bertz CT molecular complexity index is 385. The molecule has 0 spiro atoms. The summed E-state index contributed by atoms with van der Waals surface area (Å²) >= 11 is 5.19. The van der Waals surface area contributed by atoms with Crippen LogP contribution in [0.15, 0.2) is 15.9 Å². The summed E-state index contributed by atoms with van der Waals surface area (Å²) in [6, 6.07) is 4.16. The molecule has 1 aromatic rings. The van der Waals surface area contributed by atoms with Gasteiger partial charge in [-0.3, -0.25) is 4.90 Å². The van der Waals surface area contributed by atoms with Crippen molar-refractivity contribution >= 4 is 27.3 Å². The van der Waals surface area contributed by atoms with Gasteiger partial charge in [-0.05, 0) is 67.8 Å².